The minimum atomic E-state index is -0.217. The summed E-state index contributed by atoms with van der Waals surface area (Å²) in [7, 11) is 0. The first-order valence-corrected chi connectivity index (χ1v) is 6.79. The molecule has 0 spiro atoms. The molecule has 1 atom stereocenters. The van der Waals surface area contributed by atoms with Crippen molar-refractivity contribution in [3.63, 3.8) is 0 Å². The van der Waals surface area contributed by atoms with Crippen LogP contribution in [0.2, 0.25) is 0 Å². The molecule has 1 heterocycles. The summed E-state index contributed by atoms with van der Waals surface area (Å²) in [6.07, 6.45) is 3.54. The largest absolute Gasteiger partial charge is 0.462 e. The Bertz CT molecular complexity index is 395. The second-order valence-corrected chi connectivity index (χ2v) is 4.72. The van der Waals surface area contributed by atoms with E-state index in [2.05, 4.69) is 11.4 Å². The molecule has 2 rings (SSSR count). The Morgan fingerprint density at radius 2 is 2.28 bits per heavy atom. The molecule has 1 aromatic carbocycles. The molecular formula is C15H21NO2. The second kappa shape index (κ2) is 6.55. The lowest BCUT2D eigenvalue weighted by Gasteiger charge is -2.14. The number of ether oxygens (including phenoxy) is 1. The van der Waals surface area contributed by atoms with E-state index in [0.717, 1.165) is 19.5 Å². The van der Waals surface area contributed by atoms with Gasteiger partial charge in [-0.3, -0.25) is 0 Å². The smallest absolute Gasteiger partial charge is 0.338 e. The van der Waals surface area contributed by atoms with Crippen LogP contribution in [0.15, 0.2) is 24.3 Å². The summed E-state index contributed by atoms with van der Waals surface area (Å²) in [6, 6.07) is 7.91. The molecule has 0 radical (unpaired) electrons. The Morgan fingerprint density at radius 3 is 3.11 bits per heavy atom. The van der Waals surface area contributed by atoms with Gasteiger partial charge in [0.1, 0.15) is 0 Å². The van der Waals surface area contributed by atoms with E-state index in [1.807, 2.05) is 25.1 Å². The SMILES string of the molecule is CCOC(=O)c1cccc([C@H]2CCCNCC2)c1. The van der Waals surface area contributed by atoms with Gasteiger partial charge < -0.3 is 10.1 Å². The maximum atomic E-state index is 11.7. The molecule has 18 heavy (non-hydrogen) atoms. The van der Waals surface area contributed by atoms with Crippen molar-refractivity contribution in [2.24, 2.45) is 0 Å². The van der Waals surface area contributed by atoms with Gasteiger partial charge >= 0.3 is 5.97 Å². The minimum Gasteiger partial charge on any atom is -0.462 e. The van der Waals surface area contributed by atoms with Gasteiger partial charge in [0, 0.05) is 0 Å². The first-order valence-electron chi connectivity index (χ1n) is 6.79. The van der Waals surface area contributed by atoms with Gasteiger partial charge in [0.15, 0.2) is 0 Å². The quantitative estimate of drug-likeness (QED) is 0.835. The van der Waals surface area contributed by atoms with Crippen LogP contribution in [0.3, 0.4) is 0 Å². The number of benzene rings is 1. The Balaban J connectivity index is 2.12. The van der Waals surface area contributed by atoms with Gasteiger partial charge in [-0.25, -0.2) is 4.79 Å². The molecular weight excluding hydrogens is 226 g/mol. The monoisotopic (exact) mass is 247 g/mol. The first-order chi connectivity index (χ1) is 8.81. The third-order valence-corrected chi connectivity index (χ3v) is 3.44. The van der Waals surface area contributed by atoms with Gasteiger partial charge in [-0.2, -0.15) is 0 Å². The zero-order valence-electron chi connectivity index (χ0n) is 10.9. The number of hydrogen-bond acceptors (Lipinski definition) is 3. The van der Waals surface area contributed by atoms with Crippen LogP contribution in [0.25, 0.3) is 0 Å². The van der Waals surface area contributed by atoms with Crippen LogP contribution < -0.4 is 5.32 Å². The van der Waals surface area contributed by atoms with Gasteiger partial charge in [-0.1, -0.05) is 12.1 Å². The third-order valence-electron chi connectivity index (χ3n) is 3.44. The molecule has 1 N–H and O–H groups in total. The predicted octanol–water partition coefficient (Wildman–Crippen LogP) is 2.72. The van der Waals surface area contributed by atoms with E-state index in [0.29, 0.717) is 18.1 Å². The van der Waals surface area contributed by atoms with Crippen molar-refractivity contribution in [3.05, 3.63) is 35.4 Å². The van der Waals surface area contributed by atoms with E-state index in [-0.39, 0.29) is 5.97 Å². The predicted molar refractivity (Wildman–Crippen MR) is 71.9 cm³/mol. The highest BCUT2D eigenvalue weighted by Gasteiger charge is 2.15. The van der Waals surface area contributed by atoms with Crippen molar-refractivity contribution in [2.75, 3.05) is 19.7 Å². The molecule has 0 unspecified atom stereocenters. The Labute approximate surface area is 109 Å². The number of rotatable bonds is 3. The van der Waals surface area contributed by atoms with Gasteiger partial charge in [0.05, 0.1) is 12.2 Å². The maximum absolute atomic E-state index is 11.7. The van der Waals surface area contributed by atoms with Crippen LogP contribution in [0.5, 0.6) is 0 Å². The Hall–Kier alpha value is -1.35. The van der Waals surface area contributed by atoms with E-state index in [9.17, 15) is 4.79 Å². The van der Waals surface area contributed by atoms with Crippen molar-refractivity contribution >= 4 is 5.97 Å². The van der Waals surface area contributed by atoms with Crippen molar-refractivity contribution in [2.45, 2.75) is 32.1 Å². The topological polar surface area (TPSA) is 38.3 Å². The van der Waals surface area contributed by atoms with Gasteiger partial charge in [0.2, 0.25) is 0 Å². The van der Waals surface area contributed by atoms with E-state index >= 15 is 0 Å². The fourth-order valence-electron chi connectivity index (χ4n) is 2.49. The highest BCUT2D eigenvalue weighted by Crippen LogP contribution is 2.26. The molecule has 0 aliphatic carbocycles. The van der Waals surface area contributed by atoms with Crippen molar-refractivity contribution in [1.29, 1.82) is 0 Å². The van der Waals surface area contributed by atoms with Crippen LogP contribution in [0.4, 0.5) is 0 Å². The van der Waals surface area contributed by atoms with Crippen molar-refractivity contribution in [1.82, 2.24) is 5.32 Å². The lowest BCUT2D eigenvalue weighted by Crippen LogP contribution is -2.13. The molecule has 3 nitrogen and oxygen atoms in total. The molecule has 3 heteroatoms. The standard InChI is InChI=1S/C15H21NO2/c1-2-18-15(17)14-6-3-5-13(11-14)12-7-4-9-16-10-8-12/h3,5-6,11-12,16H,2,4,7-10H2,1H3/t12-/m0/s1. The molecule has 0 amide bonds. The maximum Gasteiger partial charge on any atom is 0.338 e. The average molecular weight is 247 g/mol. The van der Waals surface area contributed by atoms with E-state index in [4.69, 9.17) is 4.74 Å². The fourth-order valence-corrected chi connectivity index (χ4v) is 2.49. The minimum absolute atomic E-state index is 0.217. The number of nitrogens with one attached hydrogen (secondary N) is 1. The average Bonchev–Trinajstić information content (AvgIpc) is 2.68. The van der Waals surface area contributed by atoms with Crippen molar-refractivity contribution < 1.29 is 9.53 Å². The Morgan fingerprint density at radius 1 is 1.39 bits per heavy atom. The summed E-state index contributed by atoms with van der Waals surface area (Å²) < 4.78 is 5.04. The molecule has 0 saturated carbocycles. The summed E-state index contributed by atoms with van der Waals surface area (Å²) >= 11 is 0. The van der Waals surface area contributed by atoms with Gasteiger partial charge in [-0.05, 0) is 62.9 Å². The van der Waals surface area contributed by atoms with Crippen LogP contribution in [-0.4, -0.2) is 25.7 Å². The van der Waals surface area contributed by atoms with E-state index in [1.165, 1.54) is 18.4 Å². The lowest BCUT2D eigenvalue weighted by atomic mass is 9.91. The van der Waals surface area contributed by atoms with Crippen molar-refractivity contribution in [3.8, 4) is 0 Å². The normalized spacial score (nSPS) is 20.2. The molecule has 0 aromatic heterocycles. The van der Waals surface area contributed by atoms with E-state index < -0.39 is 0 Å². The summed E-state index contributed by atoms with van der Waals surface area (Å²) in [6.45, 7) is 4.43. The van der Waals surface area contributed by atoms with Gasteiger partial charge in [0.25, 0.3) is 0 Å². The summed E-state index contributed by atoms with van der Waals surface area (Å²) in [5.74, 6) is 0.348. The number of esters is 1. The lowest BCUT2D eigenvalue weighted by molar-refractivity contribution is 0.0526. The molecule has 0 bridgehead atoms. The second-order valence-electron chi connectivity index (χ2n) is 4.72. The number of carbonyl (C=O) groups is 1. The number of carbonyl (C=O) groups excluding carboxylic acids is 1. The third kappa shape index (κ3) is 3.33. The molecule has 1 aliphatic rings. The molecule has 1 saturated heterocycles. The summed E-state index contributed by atoms with van der Waals surface area (Å²) in [5.41, 5.74) is 1.94. The van der Waals surface area contributed by atoms with E-state index in [1.54, 1.807) is 0 Å². The molecule has 1 fully saturated rings. The van der Waals surface area contributed by atoms with Crippen LogP contribution >= 0.6 is 0 Å². The zero-order chi connectivity index (χ0) is 12.8. The molecule has 1 aromatic rings. The van der Waals surface area contributed by atoms with Crippen LogP contribution in [0, 0.1) is 0 Å². The van der Waals surface area contributed by atoms with Crippen LogP contribution in [-0.2, 0) is 4.74 Å². The highest BCUT2D eigenvalue weighted by molar-refractivity contribution is 5.89. The first kappa shape index (κ1) is 13.1. The molecule has 1 aliphatic heterocycles. The zero-order valence-corrected chi connectivity index (χ0v) is 10.9. The fraction of sp³-hybridized carbons (Fsp3) is 0.533. The summed E-state index contributed by atoms with van der Waals surface area (Å²) in [5, 5.41) is 3.41. The highest BCUT2D eigenvalue weighted by atomic mass is 16.5. The van der Waals surface area contributed by atoms with Gasteiger partial charge in [-0.15, -0.1) is 0 Å². The Kier molecular flexibility index (Phi) is 4.76. The molecule has 98 valence electrons. The summed E-state index contributed by atoms with van der Waals surface area (Å²) in [4.78, 5) is 11.7. The van der Waals surface area contributed by atoms with Crippen LogP contribution in [0.1, 0.15) is 48.0 Å². The number of hydrogen-bond donors (Lipinski definition) is 1.